The smallest absolute Gasteiger partial charge is 0.139 e. The van der Waals surface area contributed by atoms with Crippen LogP contribution in [0.3, 0.4) is 0 Å². The second-order valence-corrected chi connectivity index (χ2v) is 1.20. The van der Waals surface area contributed by atoms with E-state index in [0.717, 1.165) is 5.84 Å². The highest BCUT2D eigenvalue weighted by atomic mass is 15.6. The molecule has 4 nitrogen and oxygen atoms in total. The van der Waals surface area contributed by atoms with Gasteiger partial charge in [0.05, 0.1) is 0 Å². The van der Waals surface area contributed by atoms with Crippen molar-refractivity contribution in [3.63, 3.8) is 0 Å². The summed E-state index contributed by atoms with van der Waals surface area (Å²) in [4.78, 5) is 3.78. The average molecular weight is 98.1 g/mol. The standard InChI is InChI=1S/C3H6N4/c1-3-4-2-5-7-6-3/h2,7H,1H3,(H,4,5,6). The summed E-state index contributed by atoms with van der Waals surface area (Å²) >= 11 is 0. The third-order valence-electron chi connectivity index (χ3n) is 0.610. The molecule has 1 heterocycles. The molecule has 0 atom stereocenters. The summed E-state index contributed by atoms with van der Waals surface area (Å²) in [5.74, 6) is 0.829. The maximum absolute atomic E-state index is 3.78. The number of aliphatic imine (C=N–C) groups is 1. The van der Waals surface area contributed by atoms with Crippen LogP contribution in [0.15, 0.2) is 10.1 Å². The first-order chi connectivity index (χ1) is 3.39. The summed E-state index contributed by atoms with van der Waals surface area (Å²) in [5, 5.41) is 3.55. The van der Waals surface area contributed by atoms with Crippen molar-refractivity contribution in [2.45, 2.75) is 6.92 Å². The highest BCUT2D eigenvalue weighted by Crippen LogP contribution is 1.70. The van der Waals surface area contributed by atoms with Crippen LogP contribution in [0, 0.1) is 0 Å². The molecule has 1 aliphatic heterocycles. The molecule has 1 rings (SSSR count). The molecule has 0 bridgehead atoms. The summed E-state index contributed by atoms with van der Waals surface area (Å²) in [7, 11) is 0. The molecule has 0 saturated heterocycles. The molecule has 0 fully saturated rings. The van der Waals surface area contributed by atoms with E-state index < -0.39 is 0 Å². The topological polar surface area (TPSA) is 48.8 Å². The molecule has 0 unspecified atom stereocenters. The molecule has 38 valence electrons. The van der Waals surface area contributed by atoms with Crippen LogP contribution in [0.1, 0.15) is 6.92 Å². The van der Waals surface area contributed by atoms with Gasteiger partial charge in [0, 0.05) is 0 Å². The van der Waals surface area contributed by atoms with E-state index in [4.69, 9.17) is 0 Å². The van der Waals surface area contributed by atoms with Gasteiger partial charge < -0.3 is 0 Å². The molecule has 0 aromatic rings. The molecule has 0 saturated carbocycles. The number of hydrazone groups is 1. The fourth-order valence-corrected chi connectivity index (χ4v) is 0.290. The summed E-state index contributed by atoms with van der Waals surface area (Å²) < 4.78 is 0. The molecule has 2 N–H and O–H groups in total. The quantitative estimate of drug-likeness (QED) is 0.427. The van der Waals surface area contributed by atoms with E-state index in [1.54, 1.807) is 0 Å². The van der Waals surface area contributed by atoms with Crippen LogP contribution in [-0.2, 0) is 0 Å². The summed E-state index contributed by atoms with van der Waals surface area (Å²) in [6.45, 7) is 1.85. The van der Waals surface area contributed by atoms with Gasteiger partial charge in [-0.1, -0.05) is 0 Å². The average Bonchev–Trinajstić information content (AvgIpc) is 1.69. The van der Waals surface area contributed by atoms with Gasteiger partial charge in [-0.2, -0.15) is 0 Å². The van der Waals surface area contributed by atoms with Crippen LogP contribution >= 0.6 is 0 Å². The molecule has 0 radical (unpaired) electrons. The van der Waals surface area contributed by atoms with Crippen molar-refractivity contribution in [2.75, 3.05) is 0 Å². The zero-order valence-corrected chi connectivity index (χ0v) is 3.97. The van der Waals surface area contributed by atoms with Crippen molar-refractivity contribution in [1.82, 2.24) is 11.0 Å². The summed E-state index contributed by atoms with van der Waals surface area (Å²) in [5.41, 5.74) is 5.21. The number of hydrogen-bond donors (Lipinski definition) is 2. The number of hydrogen-bond acceptors (Lipinski definition) is 4. The second kappa shape index (κ2) is 1.59. The Morgan fingerprint density at radius 2 is 2.57 bits per heavy atom. The van der Waals surface area contributed by atoms with E-state index >= 15 is 0 Å². The normalized spacial score (nSPS) is 17.0. The van der Waals surface area contributed by atoms with Gasteiger partial charge in [-0.05, 0) is 6.92 Å². The van der Waals surface area contributed by atoms with E-state index in [1.807, 2.05) is 6.92 Å². The lowest BCUT2D eigenvalue weighted by molar-refractivity contribution is 0.689. The number of rotatable bonds is 0. The summed E-state index contributed by atoms with van der Waals surface area (Å²) in [6, 6.07) is 0. The van der Waals surface area contributed by atoms with E-state index in [-0.39, 0.29) is 0 Å². The van der Waals surface area contributed by atoms with Crippen LogP contribution in [0.4, 0.5) is 0 Å². The number of nitrogens with one attached hydrogen (secondary N) is 2. The van der Waals surface area contributed by atoms with Gasteiger partial charge in [0.2, 0.25) is 0 Å². The monoisotopic (exact) mass is 98.1 g/mol. The van der Waals surface area contributed by atoms with E-state index in [1.165, 1.54) is 6.34 Å². The minimum atomic E-state index is 0.829. The Hall–Kier alpha value is -1.06. The van der Waals surface area contributed by atoms with Crippen molar-refractivity contribution < 1.29 is 0 Å². The van der Waals surface area contributed by atoms with Gasteiger partial charge in [0.15, 0.2) is 0 Å². The van der Waals surface area contributed by atoms with Gasteiger partial charge in [0.25, 0.3) is 0 Å². The molecule has 0 amide bonds. The molecule has 4 heteroatoms. The van der Waals surface area contributed by atoms with Crippen molar-refractivity contribution in [3.8, 4) is 0 Å². The first-order valence-electron chi connectivity index (χ1n) is 1.96. The first-order valence-corrected chi connectivity index (χ1v) is 1.96. The minimum absolute atomic E-state index is 0.829. The molecule has 1 aliphatic rings. The lowest BCUT2D eigenvalue weighted by Gasteiger charge is -2.04. The SMILES string of the molecule is CC1=NC=NNN1. The van der Waals surface area contributed by atoms with Gasteiger partial charge in [-0.3, -0.25) is 5.43 Å². The highest BCUT2D eigenvalue weighted by molar-refractivity contribution is 5.87. The lowest BCUT2D eigenvalue weighted by atomic mass is 10.7. The first kappa shape index (κ1) is 4.11. The number of nitrogens with zero attached hydrogens (tertiary/aromatic N) is 2. The van der Waals surface area contributed by atoms with Crippen LogP contribution in [0.25, 0.3) is 0 Å². The van der Waals surface area contributed by atoms with Crippen LogP contribution < -0.4 is 11.0 Å². The zero-order valence-electron chi connectivity index (χ0n) is 3.97. The molecular formula is C3H6N4. The third kappa shape index (κ3) is 0.887. The molecular weight excluding hydrogens is 92.1 g/mol. The largest absolute Gasteiger partial charge is 0.272 e. The van der Waals surface area contributed by atoms with Crippen LogP contribution in [0.2, 0.25) is 0 Å². The zero-order chi connectivity index (χ0) is 5.11. The maximum atomic E-state index is 3.78. The van der Waals surface area contributed by atoms with E-state index in [2.05, 4.69) is 21.1 Å². The Morgan fingerprint density at radius 3 is 2.86 bits per heavy atom. The second-order valence-electron chi connectivity index (χ2n) is 1.20. The highest BCUT2D eigenvalue weighted by Gasteiger charge is 1.86. The predicted molar refractivity (Wildman–Crippen MR) is 27.9 cm³/mol. The van der Waals surface area contributed by atoms with Crippen LogP contribution in [-0.4, -0.2) is 12.2 Å². The van der Waals surface area contributed by atoms with Crippen molar-refractivity contribution in [2.24, 2.45) is 10.1 Å². The Balaban J connectivity index is 2.57. The van der Waals surface area contributed by atoms with E-state index in [0.29, 0.717) is 0 Å². The minimum Gasteiger partial charge on any atom is -0.272 e. The number of hydrazine groups is 1. The van der Waals surface area contributed by atoms with Crippen molar-refractivity contribution in [3.05, 3.63) is 0 Å². The van der Waals surface area contributed by atoms with Gasteiger partial charge in [0.1, 0.15) is 12.2 Å². The molecule has 0 spiro atoms. The Bertz CT molecular complexity index is 114. The van der Waals surface area contributed by atoms with Crippen molar-refractivity contribution >= 4 is 12.2 Å². The molecule has 7 heavy (non-hydrogen) atoms. The van der Waals surface area contributed by atoms with Gasteiger partial charge in [-0.15, -0.1) is 5.10 Å². The Labute approximate surface area is 41.3 Å². The molecule has 0 aliphatic carbocycles. The Morgan fingerprint density at radius 1 is 1.71 bits per heavy atom. The fourth-order valence-electron chi connectivity index (χ4n) is 0.290. The maximum Gasteiger partial charge on any atom is 0.139 e. The van der Waals surface area contributed by atoms with Crippen LogP contribution in [0.5, 0.6) is 0 Å². The number of amidine groups is 1. The lowest BCUT2D eigenvalue weighted by Crippen LogP contribution is -2.34. The van der Waals surface area contributed by atoms with E-state index in [9.17, 15) is 0 Å². The van der Waals surface area contributed by atoms with Gasteiger partial charge in [-0.25, -0.2) is 10.5 Å². The molecule has 0 aromatic heterocycles. The predicted octanol–water partition coefficient (Wildman–Crippen LogP) is -0.544. The van der Waals surface area contributed by atoms with Gasteiger partial charge >= 0.3 is 0 Å². The third-order valence-corrected chi connectivity index (χ3v) is 0.610. The molecule has 0 aromatic carbocycles. The summed E-state index contributed by atoms with van der Waals surface area (Å²) in [6.07, 6.45) is 1.45. The van der Waals surface area contributed by atoms with Crippen molar-refractivity contribution in [1.29, 1.82) is 0 Å². The Kier molecular flexibility index (Phi) is 0.934. The fraction of sp³-hybridized carbons (Fsp3) is 0.333.